The van der Waals surface area contributed by atoms with Gasteiger partial charge in [-0.2, -0.15) is 0 Å². The molecule has 0 bridgehead atoms. The predicted molar refractivity (Wildman–Crippen MR) is 113 cm³/mol. The minimum atomic E-state index is 0.0783. The Morgan fingerprint density at radius 3 is 2.68 bits per heavy atom. The molecular weight excluding hydrogens is 390 g/mol. The zero-order chi connectivity index (χ0) is 19.5. The third kappa shape index (κ3) is 3.65. The van der Waals surface area contributed by atoms with Crippen LogP contribution in [0.4, 0.5) is 0 Å². The number of para-hydroxylation sites is 1. The van der Waals surface area contributed by atoms with Crippen molar-refractivity contribution in [3.63, 3.8) is 0 Å². The Balaban J connectivity index is 1.69. The minimum absolute atomic E-state index is 0.0783. The van der Waals surface area contributed by atoms with E-state index in [0.29, 0.717) is 6.54 Å². The lowest BCUT2D eigenvalue weighted by Gasteiger charge is -2.13. The molecule has 0 amide bonds. The number of hydrogen-bond donors (Lipinski definition) is 0. The van der Waals surface area contributed by atoms with Crippen LogP contribution in [-0.2, 0) is 6.54 Å². The first-order valence-electron chi connectivity index (χ1n) is 8.84. The van der Waals surface area contributed by atoms with Crippen LogP contribution in [0.2, 0.25) is 0 Å². The second-order valence-electron chi connectivity index (χ2n) is 6.31. The molecule has 0 aliphatic carbocycles. The number of aromatic nitrogens is 5. The van der Waals surface area contributed by atoms with Crippen molar-refractivity contribution in [2.75, 3.05) is 5.75 Å². The summed E-state index contributed by atoms with van der Waals surface area (Å²) >= 11 is 2.83. The van der Waals surface area contributed by atoms with Crippen molar-refractivity contribution in [1.82, 2.24) is 24.3 Å². The first-order chi connectivity index (χ1) is 13.6. The largest absolute Gasteiger partial charge is 0.307 e. The number of benzene rings is 1. The van der Waals surface area contributed by atoms with Gasteiger partial charge in [0.25, 0.3) is 0 Å². The lowest BCUT2D eigenvalue weighted by atomic mass is 10.2. The van der Waals surface area contributed by atoms with Gasteiger partial charge in [0.15, 0.2) is 11.0 Å². The number of thioether (sulfide) groups is 1. The Kier molecular flexibility index (Phi) is 5.40. The fourth-order valence-electron chi connectivity index (χ4n) is 2.98. The molecule has 3 aromatic heterocycles. The van der Waals surface area contributed by atoms with E-state index >= 15 is 0 Å². The van der Waals surface area contributed by atoms with Crippen LogP contribution in [0.15, 0.2) is 64.1 Å². The van der Waals surface area contributed by atoms with Crippen LogP contribution in [-0.4, -0.2) is 30.1 Å². The second-order valence-corrected chi connectivity index (χ2v) is 8.20. The lowest BCUT2D eigenvalue weighted by Crippen LogP contribution is -2.16. The van der Waals surface area contributed by atoms with Gasteiger partial charge in [0.05, 0.1) is 5.69 Å². The van der Waals surface area contributed by atoms with Gasteiger partial charge in [0.2, 0.25) is 0 Å². The molecule has 4 rings (SSSR count). The molecular formula is C20H19N5OS2. The fourth-order valence-corrected chi connectivity index (χ4v) is 4.61. The zero-order valence-electron chi connectivity index (χ0n) is 15.6. The first kappa shape index (κ1) is 18.6. The molecule has 1 aromatic carbocycles. The molecule has 8 heteroatoms. The smallest absolute Gasteiger partial charge is 0.303 e. The summed E-state index contributed by atoms with van der Waals surface area (Å²) in [6.07, 6.45) is 3.54. The average molecular weight is 410 g/mol. The van der Waals surface area contributed by atoms with Crippen molar-refractivity contribution in [3.8, 4) is 17.1 Å². The fraction of sp³-hybridized carbons (Fsp3) is 0.200. The molecule has 4 aromatic rings. The molecule has 0 atom stereocenters. The van der Waals surface area contributed by atoms with Gasteiger partial charge in [-0.25, -0.2) is 0 Å². The van der Waals surface area contributed by atoms with E-state index in [2.05, 4.69) is 38.8 Å². The number of pyridine rings is 1. The molecule has 142 valence electrons. The van der Waals surface area contributed by atoms with Crippen LogP contribution in [0.25, 0.3) is 17.1 Å². The molecule has 28 heavy (non-hydrogen) atoms. The van der Waals surface area contributed by atoms with Crippen molar-refractivity contribution in [3.05, 3.63) is 75.1 Å². The Bertz CT molecular complexity index is 1150. The van der Waals surface area contributed by atoms with Gasteiger partial charge in [0.1, 0.15) is 0 Å². The molecule has 0 radical (unpaired) electrons. The molecule has 6 nitrogen and oxygen atoms in total. The second kappa shape index (κ2) is 8.12. The SMILES string of the molecule is Cc1ccccc1-n1c(SCCn2c(C)csc2=O)nnc1-c1cccnc1. The monoisotopic (exact) mass is 409 g/mol. The maximum atomic E-state index is 11.9. The quantitative estimate of drug-likeness (QED) is 0.451. The van der Waals surface area contributed by atoms with Crippen LogP contribution in [0.5, 0.6) is 0 Å². The third-order valence-electron chi connectivity index (χ3n) is 4.43. The summed E-state index contributed by atoms with van der Waals surface area (Å²) in [4.78, 5) is 16.2. The van der Waals surface area contributed by atoms with Gasteiger partial charge in [0, 0.05) is 41.3 Å². The van der Waals surface area contributed by atoms with Crippen molar-refractivity contribution in [1.29, 1.82) is 0 Å². The van der Waals surface area contributed by atoms with Gasteiger partial charge in [-0.3, -0.25) is 14.3 Å². The molecule has 0 saturated carbocycles. The van der Waals surface area contributed by atoms with Crippen molar-refractivity contribution in [2.24, 2.45) is 0 Å². The van der Waals surface area contributed by atoms with Crippen LogP contribution >= 0.6 is 23.1 Å². The Morgan fingerprint density at radius 1 is 1.11 bits per heavy atom. The molecule has 0 N–H and O–H groups in total. The number of rotatable bonds is 6. The van der Waals surface area contributed by atoms with Gasteiger partial charge < -0.3 is 4.57 Å². The summed E-state index contributed by atoms with van der Waals surface area (Å²) in [6, 6.07) is 12.0. The Labute approximate surface area is 170 Å². The van der Waals surface area contributed by atoms with E-state index in [-0.39, 0.29) is 4.87 Å². The van der Waals surface area contributed by atoms with E-state index in [4.69, 9.17) is 0 Å². The van der Waals surface area contributed by atoms with Crippen molar-refractivity contribution >= 4 is 23.1 Å². The van der Waals surface area contributed by atoms with Gasteiger partial charge in [-0.1, -0.05) is 41.3 Å². The van der Waals surface area contributed by atoms with E-state index in [9.17, 15) is 4.79 Å². The summed E-state index contributed by atoms with van der Waals surface area (Å²) < 4.78 is 3.87. The molecule has 0 saturated heterocycles. The predicted octanol–water partition coefficient (Wildman–Crippen LogP) is 3.96. The topological polar surface area (TPSA) is 65.6 Å². The number of thiazole rings is 1. The third-order valence-corrected chi connectivity index (χ3v) is 6.22. The number of nitrogens with zero attached hydrogens (tertiary/aromatic N) is 5. The highest BCUT2D eigenvalue weighted by atomic mass is 32.2. The maximum absolute atomic E-state index is 11.9. The number of hydrogen-bond acceptors (Lipinski definition) is 6. The molecule has 0 unspecified atom stereocenters. The number of aryl methyl sites for hydroxylation is 2. The Hall–Kier alpha value is -2.71. The van der Waals surface area contributed by atoms with Crippen LogP contribution in [0.3, 0.4) is 0 Å². The highest BCUT2D eigenvalue weighted by Crippen LogP contribution is 2.29. The highest BCUT2D eigenvalue weighted by Gasteiger charge is 2.17. The summed E-state index contributed by atoms with van der Waals surface area (Å²) in [5, 5.41) is 11.6. The molecule has 0 spiro atoms. The maximum Gasteiger partial charge on any atom is 0.307 e. The normalized spacial score (nSPS) is 11.1. The molecule has 3 heterocycles. The van der Waals surface area contributed by atoms with Crippen LogP contribution < -0.4 is 4.87 Å². The molecule has 0 aliphatic heterocycles. The van der Waals surface area contributed by atoms with Crippen LogP contribution in [0.1, 0.15) is 11.3 Å². The summed E-state index contributed by atoms with van der Waals surface area (Å²) in [7, 11) is 0. The summed E-state index contributed by atoms with van der Waals surface area (Å²) in [6.45, 7) is 4.67. The zero-order valence-corrected chi connectivity index (χ0v) is 17.2. The van der Waals surface area contributed by atoms with E-state index in [0.717, 1.165) is 39.2 Å². The van der Waals surface area contributed by atoms with Crippen molar-refractivity contribution < 1.29 is 0 Å². The van der Waals surface area contributed by atoms with E-state index in [1.54, 1.807) is 28.7 Å². The van der Waals surface area contributed by atoms with E-state index < -0.39 is 0 Å². The van der Waals surface area contributed by atoms with E-state index in [1.807, 2.05) is 36.6 Å². The van der Waals surface area contributed by atoms with Gasteiger partial charge in [-0.15, -0.1) is 10.2 Å². The first-order valence-corrected chi connectivity index (χ1v) is 10.7. The van der Waals surface area contributed by atoms with Crippen LogP contribution in [0, 0.1) is 13.8 Å². The minimum Gasteiger partial charge on any atom is -0.303 e. The van der Waals surface area contributed by atoms with Gasteiger partial charge in [-0.05, 0) is 37.6 Å². The average Bonchev–Trinajstić information content (AvgIpc) is 3.27. The highest BCUT2D eigenvalue weighted by molar-refractivity contribution is 7.99. The standard InChI is InChI=1S/C20H19N5OS2/c1-14-6-3-4-8-17(14)25-18(16-7-5-9-21-12-16)22-23-19(25)27-11-10-24-15(2)13-28-20(24)26/h3-9,12-13H,10-11H2,1-2H3. The summed E-state index contributed by atoms with van der Waals surface area (Å²) in [5.41, 5.74) is 4.08. The Morgan fingerprint density at radius 2 is 1.96 bits per heavy atom. The lowest BCUT2D eigenvalue weighted by molar-refractivity contribution is 0.729. The summed E-state index contributed by atoms with van der Waals surface area (Å²) in [5.74, 6) is 1.49. The van der Waals surface area contributed by atoms with Gasteiger partial charge >= 0.3 is 4.87 Å². The molecule has 0 aliphatic rings. The van der Waals surface area contributed by atoms with Crippen molar-refractivity contribution in [2.45, 2.75) is 25.5 Å². The van der Waals surface area contributed by atoms with E-state index in [1.165, 1.54) is 11.3 Å². The molecule has 0 fully saturated rings.